The Morgan fingerprint density at radius 3 is 2.42 bits per heavy atom. The minimum atomic E-state index is -0.871. The lowest BCUT2D eigenvalue weighted by Gasteiger charge is -2.34. The van der Waals surface area contributed by atoms with Crippen LogP contribution in [-0.4, -0.2) is 11.1 Å². The van der Waals surface area contributed by atoms with E-state index >= 15 is 0 Å². The number of carboxylic acid groups (broad SMARTS) is 1. The molecule has 3 unspecified atom stereocenters. The van der Waals surface area contributed by atoms with Gasteiger partial charge in [0.1, 0.15) is 11.6 Å². The maximum absolute atomic E-state index is 13.3. The highest BCUT2D eigenvalue weighted by Gasteiger charge is 2.35. The SMILES string of the molecule is CCC1CCC(C(=O)O)C(c2cc(F)cc(F)c2)C1. The summed E-state index contributed by atoms with van der Waals surface area (Å²) in [4.78, 5) is 11.3. The molecule has 104 valence electrons. The van der Waals surface area contributed by atoms with E-state index in [1.54, 1.807) is 0 Å². The molecule has 1 fully saturated rings. The van der Waals surface area contributed by atoms with Gasteiger partial charge in [0.05, 0.1) is 5.92 Å². The van der Waals surface area contributed by atoms with Crippen molar-refractivity contribution in [1.82, 2.24) is 0 Å². The molecule has 0 saturated heterocycles. The Bertz CT molecular complexity index is 453. The van der Waals surface area contributed by atoms with Crippen LogP contribution in [0.2, 0.25) is 0 Å². The number of benzene rings is 1. The summed E-state index contributed by atoms with van der Waals surface area (Å²) in [6.07, 6.45) is 3.12. The van der Waals surface area contributed by atoms with Gasteiger partial charge in [0.15, 0.2) is 0 Å². The van der Waals surface area contributed by atoms with Crippen molar-refractivity contribution >= 4 is 5.97 Å². The van der Waals surface area contributed by atoms with Crippen molar-refractivity contribution in [2.75, 3.05) is 0 Å². The van der Waals surface area contributed by atoms with E-state index < -0.39 is 23.5 Å². The molecule has 0 amide bonds. The molecule has 1 aromatic carbocycles. The van der Waals surface area contributed by atoms with Crippen molar-refractivity contribution in [3.8, 4) is 0 Å². The molecule has 4 heteroatoms. The molecule has 1 aromatic rings. The van der Waals surface area contributed by atoms with Gasteiger partial charge in [-0.25, -0.2) is 8.78 Å². The second-order valence-electron chi connectivity index (χ2n) is 5.34. The minimum absolute atomic E-state index is 0.290. The van der Waals surface area contributed by atoms with Crippen LogP contribution in [0.15, 0.2) is 18.2 Å². The van der Waals surface area contributed by atoms with Crippen LogP contribution in [0.3, 0.4) is 0 Å². The van der Waals surface area contributed by atoms with Gasteiger partial charge in [-0.2, -0.15) is 0 Å². The summed E-state index contributed by atoms with van der Waals surface area (Å²) < 4.78 is 26.6. The Labute approximate surface area is 111 Å². The summed E-state index contributed by atoms with van der Waals surface area (Å²) >= 11 is 0. The van der Waals surface area contributed by atoms with E-state index in [9.17, 15) is 18.7 Å². The van der Waals surface area contributed by atoms with Gasteiger partial charge in [-0.05, 0) is 48.8 Å². The Balaban J connectivity index is 2.32. The van der Waals surface area contributed by atoms with Crippen LogP contribution in [0, 0.1) is 23.5 Å². The monoisotopic (exact) mass is 268 g/mol. The van der Waals surface area contributed by atoms with Gasteiger partial charge in [0.25, 0.3) is 0 Å². The van der Waals surface area contributed by atoms with Gasteiger partial charge in [-0.15, -0.1) is 0 Å². The molecule has 0 bridgehead atoms. The van der Waals surface area contributed by atoms with Crippen LogP contribution in [0.5, 0.6) is 0 Å². The first kappa shape index (κ1) is 14.0. The first-order valence-corrected chi connectivity index (χ1v) is 6.70. The maximum Gasteiger partial charge on any atom is 0.307 e. The lowest BCUT2D eigenvalue weighted by atomic mass is 9.70. The van der Waals surface area contributed by atoms with Gasteiger partial charge in [-0.1, -0.05) is 13.3 Å². The van der Waals surface area contributed by atoms with Crippen LogP contribution in [0.4, 0.5) is 8.78 Å². The third-order valence-electron chi connectivity index (χ3n) is 4.17. The van der Waals surface area contributed by atoms with Gasteiger partial charge >= 0.3 is 5.97 Å². The predicted molar refractivity (Wildman–Crippen MR) is 67.9 cm³/mol. The van der Waals surface area contributed by atoms with E-state index in [1.165, 1.54) is 12.1 Å². The van der Waals surface area contributed by atoms with Crippen LogP contribution >= 0.6 is 0 Å². The topological polar surface area (TPSA) is 37.3 Å². The molecule has 3 atom stereocenters. The van der Waals surface area contributed by atoms with Crippen LogP contribution in [-0.2, 0) is 4.79 Å². The number of aliphatic carboxylic acids is 1. The van der Waals surface area contributed by atoms with Crippen LogP contribution in [0.25, 0.3) is 0 Å². The Morgan fingerprint density at radius 1 is 1.26 bits per heavy atom. The molecule has 2 nitrogen and oxygen atoms in total. The van der Waals surface area contributed by atoms with Crippen molar-refractivity contribution in [1.29, 1.82) is 0 Å². The third-order valence-corrected chi connectivity index (χ3v) is 4.17. The number of hydrogen-bond acceptors (Lipinski definition) is 1. The zero-order chi connectivity index (χ0) is 14.0. The zero-order valence-corrected chi connectivity index (χ0v) is 10.9. The zero-order valence-electron chi connectivity index (χ0n) is 10.9. The molecule has 1 N–H and O–H groups in total. The molecule has 1 aliphatic carbocycles. The highest BCUT2D eigenvalue weighted by atomic mass is 19.1. The van der Waals surface area contributed by atoms with E-state index in [0.717, 1.165) is 18.9 Å². The second-order valence-corrected chi connectivity index (χ2v) is 5.34. The summed E-state index contributed by atoms with van der Waals surface area (Å²) in [6, 6.07) is 3.35. The average Bonchev–Trinajstić information content (AvgIpc) is 2.36. The molecule has 0 aliphatic heterocycles. The van der Waals surface area contributed by atoms with Gasteiger partial charge in [-0.3, -0.25) is 4.79 Å². The fraction of sp³-hybridized carbons (Fsp3) is 0.533. The van der Waals surface area contributed by atoms with Crippen LogP contribution in [0.1, 0.15) is 44.1 Å². The van der Waals surface area contributed by atoms with Gasteiger partial charge in [0, 0.05) is 6.07 Å². The molecule has 0 aromatic heterocycles. The highest BCUT2D eigenvalue weighted by molar-refractivity contribution is 5.71. The molecule has 2 rings (SSSR count). The number of hydrogen-bond donors (Lipinski definition) is 1. The summed E-state index contributed by atoms with van der Waals surface area (Å²) in [5, 5.41) is 9.28. The summed E-state index contributed by atoms with van der Waals surface area (Å²) in [6.45, 7) is 2.06. The average molecular weight is 268 g/mol. The molecule has 0 heterocycles. The Kier molecular flexibility index (Phi) is 4.17. The fourth-order valence-electron chi connectivity index (χ4n) is 3.08. The van der Waals surface area contributed by atoms with E-state index in [-0.39, 0.29) is 5.92 Å². The lowest BCUT2D eigenvalue weighted by Crippen LogP contribution is -2.29. The van der Waals surface area contributed by atoms with Crippen molar-refractivity contribution in [3.63, 3.8) is 0 Å². The first-order valence-electron chi connectivity index (χ1n) is 6.70. The van der Waals surface area contributed by atoms with E-state index in [2.05, 4.69) is 6.92 Å². The number of rotatable bonds is 3. The molecule has 0 spiro atoms. The van der Waals surface area contributed by atoms with Gasteiger partial charge in [0.2, 0.25) is 0 Å². The fourth-order valence-corrected chi connectivity index (χ4v) is 3.08. The first-order chi connectivity index (χ1) is 9.01. The van der Waals surface area contributed by atoms with Crippen molar-refractivity contribution in [2.24, 2.45) is 11.8 Å². The minimum Gasteiger partial charge on any atom is -0.481 e. The van der Waals surface area contributed by atoms with E-state index in [0.29, 0.717) is 24.3 Å². The van der Waals surface area contributed by atoms with Crippen molar-refractivity contribution in [2.45, 2.75) is 38.5 Å². The summed E-state index contributed by atoms with van der Waals surface area (Å²) in [5.41, 5.74) is 0.475. The second kappa shape index (κ2) is 5.68. The molecular formula is C15H18F2O2. The number of halogens is 2. The summed E-state index contributed by atoms with van der Waals surface area (Å²) in [5.74, 6) is -2.54. The van der Waals surface area contributed by atoms with E-state index in [1.807, 2.05) is 0 Å². The Hall–Kier alpha value is -1.45. The molecular weight excluding hydrogens is 250 g/mol. The molecule has 19 heavy (non-hydrogen) atoms. The van der Waals surface area contributed by atoms with E-state index in [4.69, 9.17) is 0 Å². The third kappa shape index (κ3) is 3.11. The van der Waals surface area contributed by atoms with Gasteiger partial charge < -0.3 is 5.11 Å². The predicted octanol–water partition coefficient (Wildman–Crippen LogP) is 3.96. The normalized spacial score (nSPS) is 27.2. The quantitative estimate of drug-likeness (QED) is 0.901. The standard InChI is InChI=1S/C15H18F2O2/c1-2-9-3-4-13(15(18)19)14(5-9)10-6-11(16)8-12(17)7-10/h6-9,13-14H,2-5H2,1H3,(H,18,19). The smallest absolute Gasteiger partial charge is 0.307 e. The highest BCUT2D eigenvalue weighted by Crippen LogP contribution is 2.42. The number of carboxylic acids is 1. The molecule has 0 radical (unpaired) electrons. The maximum atomic E-state index is 13.3. The van der Waals surface area contributed by atoms with Crippen molar-refractivity contribution < 1.29 is 18.7 Å². The number of carbonyl (C=O) groups is 1. The Morgan fingerprint density at radius 2 is 1.89 bits per heavy atom. The van der Waals surface area contributed by atoms with Crippen molar-refractivity contribution in [3.05, 3.63) is 35.4 Å². The lowest BCUT2D eigenvalue weighted by molar-refractivity contribution is -0.143. The molecule has 1 aliphatic rings. The van der Waals surface area contributed by atoms with Crippen LogP contribution < -0.4 is 0 Å². The summed E-state index contributed by atoms with van der Waals surface area (Å²) in [7, 11) is 0. The largest absolute Gasteiger partial charge is 0.481 e. The molecule has 1 saturated carbocycles.